The van der Waals surface area contributed by atoms with Crippen LogP contribution in [-0.2, 0) is 9.59 Å². The van der Waals surface area contributed by atoms with Gasteiger partial charge in [-0.05, 0) is 20.5 Å². The summed E-state index contributed by atoms with van der Waals surface area (Å²) < 4.78 is 0. The maximum atomic E-state index is 10.4. The van der Waals surface area contributed by atoms with Gasteiger partial charge in [0.1, 0.15) is 6.04 Å². The van der Waals surface area contributed by atoms with Gasteiger partial charge in [0.05, 0.1) is 6.61 Å². The Morgan fingerprint density at radius 2 is 2.20 bits per heavy atom. The largest absolute Gasteiger partial charge is 0.480 e. The smallest absolute Gasteiger partial charge is 0.326 e. The second-order valence-corrected chi connectivity index (χ2v) is 3.52. The Morgan fingerprint density at radius 1 is 1.60 bits per heavy atom. The van der Waals surface area contributed by atoms with Gasteiger partial charge in [0.2, 0.25) is 5.91 Å². The van der Waals surface area contributed by atoms with E-state index in [0.717, 1.165) is 6.54 Å². The zero-order valence-corrected chi connectivity index (χ0v) is 9.06. The van der Waals surface area contributed by atoms with Crippen LogP contribution in [0.15, 0.2) is 0 Å². The van der Waals surface area contributed by atoms with Crippen LogP contribution in [0.2, 0.25) is 0 Å². The van der Waals surface area contributed by atoms with Gasteiger partial charge in [-0.15, -0.1) is 0 Å². The van der Waals surface area contributed by atoms with Crippen molar-refractivity contribution in [1.29, 1.82) is 0 Å². The molecule has 0 spiro atoms. The van der Waals surface area contributed by atoms with E-state index in [2.05, 4.69) is 5.32 Å². The van der Waals surface area contributed by atoms with Crippen molar-refractivity contribution in [2.24, 2.45) is 0 Å². The molecule has 1 aliphatic rings. The van der Waals surface area contributed by atoms with Gasteiger partial charge in [0, 0.05) is 13.0 Å². The molecule has 3 N–H and O–H groups in total. The van der Waals surface area contributed by atoms with Crippen LogP contribution in [0, 0.1) is 0 Å². The molecule has 1 rings (SSSR count). The van der Waals surface area contributed by atoms with Gasteiger partial charge < -0.3 is 20.4 Å². The van der Waals surface area contributed by atoms with E-state index in [1.807, 2.05) is 19.0 Å². The van der Waals surface area contributed by atoms with Crippen LogP contribution in [0.4, 0.5) is 0 Å². The van der Waals surface area contributed by atoms with Gasteiger partial charge in [-0.2, -0.15) is 0 Å². The molecule has 6 heteroatoms. The van der Waals surface area contributed by atoms with Gasteiger partial charge >= 0.3 is 5.97 Å². The molecule has 1 atom stereocenters. The summed E-state index contributed by atoms with van der Waals surface area (Å²) in [6, 6.07) is -0.641. The molecule has 0 aromatic rings. The molecule has 15 heavy (non-hydrogen) atoms. The molecule has 0 saturated carbocycles. The van der Waals surface area contributed by atoms with Gasteiger partial charge in [0.25, 0.3) is 0 Å². The molecule has 88 valence electrons. The van der Waals surface area contributed by atoms with E-state index < -0.39 is 12.0 Å². The first-order chi connectivity index (χ1) is 6.97. The minimum atomic E-state index is -0.944. The molecule has 1 saturated heterocycles. The fourth-order valence-corrected chi connectivity index (χ4v) is 0.999. The van der Waals surface area contributed by atoms with Crippen molar-refractivity contribution >= 4 is 11.9 Å². The lowest BCUT2D eigenvalue weighted by Gasteiger charge is -2.03. The number of nitrogens with zero attached hydrogens (tertiary/aromatic N) is 1. The van der Waals surface area contributed by atoms with Gasteiger partial charge in [-0.1, -0.05) is 0 Å². The third-order valence-corrected chi connectivity index (χ3v) is 1.84. The number of rotatable bonds is 3. The number of hydrogen-bond donors (Lipinski definition) is 3. The quantitative estimate of drug-likeness (QED) is 0.559. The Hall–Kier alpha value is -1.14. The molecular weight excluding hydrogens is 200 g/mol. The van der Waals surface area contributed by atoms with E-state index >= 15 is 0 Å². The summed E-state index contributed by atoms with van der Waals surface area (Å²) in [6.45, 7) is 1.02. The Kier molecular flexibility index (Phi) is 6.64. The first-order valence-corrected chi connectivity index (χ1v) is 4.75. The lowest BCUT2D eigenvalue weighted by molar-refractivity contribution is -0.140. The predicted octanol–water partition coefficient (Wildman–Crippen LogP) is -1.11. The molecule has 0 radical (unpaired) electrons. The fraction of sp³-hybridized carbons (Fsp3) is 0.778. The summed E-state index contributed by atoms with van der Waals surface area (Å²) in [5, 5.41) is 18.8. The number of carboxylic acids is 1. The van der Waals surface area contributed by atoms with Gasteiger partial charge in [-0.25, -0.2) is 4.79 Å². The van der Waals surface area contributed by atoms with Crippen LogP contribution in [0.3, 0.4) is 0 Å². The van der Waals surface area contributed by atoms with Crippen LogP contribution < -0.4 is 5.32 Å². The Labute approximate surface area is 88.9 Å². The minimum Gasteiger partial charge on any atom is -0.480 e. The molecule has 1 amide bonds. The number of carboxylic acid groups (broad SMARTS) is 1. The highest BCUT2D eigenvalue weighted by atomic mass is 16.4. The van der Waals surface area contributed by atoms with Crippen molar-refractivity contribution in [2.75, 3.05) is 27.2 Å². The van der Waals surface area contributed by atoms with Crippen LogP contribution in [-0.4, -0.2) is 60.3 Å². The maximum absolute atomic E-state index is 10.4. The van der Waals surface area contributed by atoms with Crippen molar-refractivity contribution in [3.63, 3.8) is 0 Å². The van der Waals surface area contributed by atoms with E-state index in [1.165, 1.54) is 0 Å². The number of aliphatic hydroxyl groups is 1. The number of aliphatic carboxylic acids is 1. The summed E-state index contributed by atoms with van der Waals surface area (Å²) in [7, 11) is 3.85. The number of aliphatic hydroxyl groups excluding tert-OH is 1. The van der Waals surface area contributed by atoms with E-state index in [0.29, 0.717) is 12.8 Å². The highest BCUT2D eigenvalue weighted by molar-refractivity contribution is 5.87. The molecule has 0 aromatic heterocycles. The first-order valence-electron chi connectivity index (χ1n) is 4.75. The zero-order chi connectivity index (χ0) is 11.8. The SMILES string of the molecule is CN(C)CCO.O=C1CC[C@@H](C(=O)O)N1. The Balaban J connectivity index is 0.000000288. The summed E-state index contributed by atoms with van der Waals surface area (Å²) >= 11 is 0. The van der Waals surface area contributed by atoms with E-state index in [9.17, 15) is 9.59 Å². The van der Waals surface area contributed by atoms with Crippen molar-refractivity contribution in [2.45, 2.75) is 18.9 Å². The summed E-state index contributed by atoms with van der Waals surface area (Å²) in [6.07, 6.45) is 0.769. The molecule has 6 nitrogen and oxygen atoms in total. The molecule has 1 heterocycles. The molecule has 0 unspecified atom stereocenters. The topological polar surface area (TPSA) is 89.9 Å². The van der Waals surface area contributed by atoms with E-state index in [4.69, 9.17) is 10.2 Å². The second-order valence-electron chi connectivity index (χ2n) is 3.52. The van der Waals surface area contributed by atoms with E-state index in [1.54, 1.807) is 0 Å². The maximum Gasteiger partial charge on any atom is 0.326 e. The lowest BCUT2D eigenvalue weighted by Crippen LogP contribution is -2.32. The molecular formula is C9H18N2O4. The summed E-state index contributed by atoms with van der Waals surface area (Å²) in [5.41, 5.74) is 0. The Bertz CT molecular complexity index is 218. The Morgan fingerprint density at radius 3 is 2.33 bits per heavy atom. The normalized spacial score (nSPS) is 19.5. The lowest BCUT2D eigenvalue weighted by atomic mass is 10.2. The average molecular weight is 218 g/mol. The third kappa shape index (κ3) is 6.87. The first kappa shape index (κ1) is 13.9. The van der Waals surface area contributed by atoms with E-state index in [-0.39, 0.29) is 12.5 Å². The minimum absolute atomic E-state index is 0.164. The highest BCUT2D eigenvalue weighted by Crippen LogP contribution is 2.05. The van der Waals surface area contributed by atoms with Crippen LogP contribution in [0.5, 0.6) is 0 Å². The number of carbonyl (C=O) groups is 2. The molecule has 0 aliphatic carbocycles. The number of nitrogens with one attached hydrogen (secondary N) is 1. The second kappa shape index (κ2) is 7.19. The van der Waals surface area contributed by atoms with Crippen molar-refractivity contribution in [3.05, 3.63) is 0 Å². The number of likely N-dealkylation sites (N-methyl/N-ethyl adjacent to an activating group) is 1. The highest BCUT2D eigenvalue weighted by Gasteiger charge is 2.26. The van der Waals surface area contributed by atoms with Crippen LogP contribution in [0.25, 0.3) is 0 Å². The molecule has 0 bridgehead atoms. The number of carbonyl (C=O) groups excluding carboxylic acids is 1. The molecule has 1 fully saturated rings. The zero-order valence-electron chi connectivity index (χ0n) is 9.06. The van der Waals surface area contributed by atoms with Gasteiger partial charge in [-0.3, -0.25) is 4.79 Å². The van der Waals surface area contributed by atoms with Crippen molar-refractivity contribution in [1.82, 2.24) is 10.2 Å². The molecule has 0 aromatic carbocycles. The monoisotopic (exact) mass is 218 g/mol. The third-order valence-electron chi connectivity index (χ3n) is 1.84. The summed E-state index contributed by atoms with van der Waals surface area (Å²) in [5.74, 6) is -1.11. The molecule has 1 aliphatic heterocycles. The average Bonchev–Trinajstić information content (AvgIpc) is 2.52. The van der Waals surface area contributed by atoms with Crippen LogP contribution >= 0.6 is 0 Å². The number of amides is 1. The fourth-order valence-electron chi connectivity index (χ4n) is 0.999. The standard InChI is InChI=1S/C5H7NO3.C4H11NO/c7-4-2-1-3(6-4)5(8)9;1-5(2)3-4-6/h3H,1-2H2,(H,6,7)(H,8,9);6H,3-4H2,1-2H3/t3-;/m0./s1. The van der Waals surface area contributed by atoms with Crippen molar-refractivity contribution < 1.29 is 19.8 Å². The summed E-state index contributed by atoms with van der Waals surface area (Å²) in [4.78, 5) is 22.4. The van der Waals surface area contributed by atoms with Crippen LogP contribution in [0.1, 0.15) is 12.8 Å². The number of hydrogen-bond acceptors (Lipinski definition) is 4. The van der Waals surface area contributed by atoms with Crippen molar-refractivity contribution in [3.8, 4) is 0 Å². The van der Waals surface area contributed by atoms with Gasteiger partial charge in [0.15, 0.2) is 0 Å². The predicted molar refractivity (Wildman–Crippen MR) is 54.4 cm³/mol.